The maximum Gasteiger partial charge on any atom is 0.305 e. The van der Waals surface area contributed by atoms with Crippen LogP contribution in [0.4, 0.5) is 0 Å². The molecule has 0 heterocycles. The molecule has 6 heteroatoms. The van der Waals surface area contributed by atoms with E-state index in [2.05, 4.69) is 43.5 Å². The summed E-state index contributed by atoms with van der Waals surface area (Å²) in [6, 6.07) is -0.563. The van der Waals surface area contributed by atoms with Gasteiger partial charge in [0.2, 0.25) is 5.91 Å². The number of nitrogens with one attached hydrogen (secondary N) is 1. The maximum absolute atomic E-state index is 12.5. The molecule has 0 aliphatic heterocycles. The number of rotatable bonds is 56. The summed E-state index contributed by atoms with van der Waals surface area (Å²) in [6.45, 7) is 4.92. The van der Waals surface area contributed by atoms with Gasteiger partial charge >= 0.3 is 5.97 Å². The molecule has 0 bridgehead atoms. The molecule has 0 aromatic rings. The maximum atomic E-state index is 12.5. The molecule has 0 spiro atoms. The van der Waals surface area contributed by atoms with Crippen LogP contribution in [0, 0.1) is 0 Å². The third-order valence-corrected chi connectivity index (χ3v) is 14.0. The van der Waals surface area contributed by atoms with E-state index in [0.717, 1.165) is 70.6 Å². The van der Waals surface area contributed by atoms with Crippen LogP contribution in [0.25, 0.3) is 0 Å². The van der Waals surface area contributed by atoms with Gasteiger partial charge in [-0.05, 0) is 77.0 Å². The first-order valence-corrected chi connectivity index (χ1v) is 30.1. The highest BCUT2D eigenvalue weighted by atomic mass is 16.5. The minimum absolute atomic E-state index is 0.0197. The number of aliphatic hydroxyl groups excluding tert-OH is 2. The highest BCUT2D eigenvalue weighted by Gasteiger charge is 2.20. The molecule has 3 N–H and O–H groups in total. The van der Waals surface area contributed by atoms with E-state index < -0.39 is 12.1 Å². The fourth-order valence-corrected chi connectivity index (χ4v) is 9.34. The second-order valence-electron chi connectivity index (χ2n) is 20.7. The summed E-state index contributed by atoms with van der Waals surface area (Å²) < 4.78 is 5.46. The van der Waals surface area contributed by atoms with Crippen molar-refractivity contribution >= 4 is 11.9 Å². The molecule has 0 aliphatic rings. The molecule has 0 aliphatic carbocycles. The summed E-state index contributed by atoms with van der Waals surface area (Å²) >= 11 is 0. The molecule has 2 atom stereocenters. The van der Waals surface area contributed by atoms with Crippen molar-refractivity contribution in [3.63, 3.8) is 0 Å². The summed E-state index contributed by atoms with van der Waals surface area (Å²) in [4.78, 5) is 24.5. The average molecular weight is 945 g/mol. The van der Waals surface area contributed by atoms with Gasteiger partial charge in [0.05, 0.1) is 25.4 Å². The van der Waals surface area contributed by atoms with Gasteiger partial charge in [-0.2, -0.15) is 0 Å². The summed E-state index contributed by atoms with van der Waals surface area (Å²) in [6.07, 6.45) is 68.9. The minimum Gasteiger partial charge on any atom is -0.466 e. The topological polar surface area (TPSA) is 95.9 Å². The van der Waals surface area contributed by atoms with Crippen LogP contribution in [0.2, 0.25) is 0 Å². The molecule has 396 valence electrons. The highest BCUT2D eigenvalue weighted by Crippen LogP contribution is 2.17. The van der Waals surface area contributed by atoms with Crippen LogP contribution in [0.5, 0.6) is 0 Å². The van der Waals surface area contributed by atoms with E-state index in [1.54, 1.807) is 0 Å². The fraction of sp³-hybridized carbons (Fsp3) is 0.902. The molecule has 2 unspecified atom stereocenters. The summed E-state index contributed by atoms with van der Waals surface area (Å²) in [7, 11) is 0. The first kappa shape index (κ1) is 65.3. The van der Waals surface area contributed by atoms with Gasteiger partial charge in [0, 0.05) is 12.8 Å². The van der Waals surface area contributed by atoms with Crippen molar-refractivity contribution in [2.24, 2.45) is 0 Å². The normalized spacial score (nSPS) is 12.7. The molecule has 0 rings (SSSR count). The van der Waals surface area contributed by atoms with Crippen LogP contribution in [0.15, 0.2) is 24.3 Å². The van der Waals surface area contributed by atoms with Crippen molar-refractivity contribution in [3.05, 3.63) is 24.3 Å². The van der Waals surface area contributed by atoms with E-state index in [1.807, 2.05) is 0 Å². The fourth-order valence-electron chi connectivity index (χ4n) is 9.34. The summed E-state index contributed by atoms with van der Waals surface area (Å²) in [5.74, 6) is -0.0820. The number of aliphatic hydroxyl groups is 2. The Morgan fingerprint density at radius 1 is 0.403 bits per heavy atom. The quantitative estimate of drug-likeness (QED) is 0.0321. The SMILES string of the molecule is CCCCCCCC/C=C\CCCCCCCC(=O)OCCCCCCCC/C=C\CCCCCC(=O)NC(CO)C(O)CCCCCCCCCCCCCCCCCCCCCCCC. The van der Waals surface area contributed by atoms with Gasteiger partial charge < -0.3 is 20.3 Å². The number of amides is 1. The molecule has 67 heavy (non-hydrogen) atoms. The number of allylic oxidation sites excluding steroid dienone is 4. The highest BCUT2D eigenvalue weighted by molar-refractivity contribution is 5.76. The lowest BCUT2D eigenvalue weighted by molar-refractivity contribution is -0.143. The lowest BCUT2D eigenvalue weighted by atomic mass is 10.0. The second-order valence-corrected chi connectivity index (χ2v) is 20.7. The Morgan fingerprint density at radius 2 is 0.701 bits per heavy atom. The van der Waals surface area contributed by atoms with E-state index >= 15 is 0 Å². The van der Waals surface area contributed by atoms with Crippen molar-refractivity contribution in [2.75, 3.05) is 13.2 Å². The molecule has 0 saturated heterocycles. The molecule has 0 aromatic carbocycles. The Labute approximate surface area is 418 Å². The second kappa shape index (κ2) is 56.9. The molecule has 0 fully saturated rings. The van der Waals surface area contributed by atoms with E-state index in [0.29, 0.717) is 25.9 Å². The van der Waals surface area contributed by atoms with Gasteiger partial charge in [0.25, 0.3) is 0 Å². The van der Waals surface area contributed by atoms with Gasteiger partial charge in [-0.1, -0.05) is 263 Å². The number of esters is 1. The Bertz CT molecular complexity index is 1040. The van der Waals surface area contributed by atoms with E-state index in [9.17, 15) is 19.8 Å². The van der Waals surface area contributed by atoms with Crippen LogP contribution in [0.1, 0.15) is 328 Å². The molecule has 6 nitrogen and oxygen atoms in total. The molecular weight excluding hydrogens is 827 g/mol. The van der Waals surface area contributed by atoms with Gasteiger partial charge in [-0.3, -0.25) is 9.59 Å². The van der Waals surface area contributed by atoms with Crippen LogP contribution in [-0.4, -0.2) is 47.4 Å². The largest absolute Gasteiger partial charge is 0.466 e. The lowest BCUT2D eigenvalue weighted by Crippen LogP contribution is -2.45. The first-order chi connectivity index (χ1) is 33.0. The van der Waals surface area contributed by atoms with Crippen molar-refractivity contribution in [1.82, 2.24) is 5.32 Å². The van der Waals surface area contributed by atoms with E-state index in [-0.39, 0.29) is 18.5 Å². The predicted molar refractivity (Wildman–Crippen MR) is 292 cm³/mol. The monoisotopic (exact) mass is 944 g/mol. The van der Waals surface area contributed by atoms with Crippen LogP contribution in [0.3, 0.4) is 0 Å². The zero-order valence-corrected chi connectivity index (χ0v) is 45.1. The zero-order chi connectivity index (χ0) is 48.6. The Morgan fingerprint density at radius 3 is 1.07 bits per heavy atom. The third-order valence-electron chi connectivity index (χ3n) is 14.0. The molecule has 1 amide bonds. The number of hydrogen-bond donors (Lipinski definition) is 3. The number of hydrogen-bond acceptors (Lipinski definition) is 5. The third kappa shape index (κ3) is 53.5. The van der Waals surface area contributed by atoms with Crippen molar-refractivity contribution in [3.8, 4) is 0 Å². The van der Waals surface area contributed by atoms with E-state index in [4.69, 9.17) is 4.74 Å². The smallest absolute Gasteiger partial charge is 0.305 e. The Hall–Kier alpha value is -1.66. The minimum atomic E-state index is -0.683. The van der Waals surface area contributed by atoms with Crippen molar-refractivity contribution < 1.29 is 24.5 Å². The number of carbonyl (C=O) groups excluding carboxylic acids is 2. The van der Waals surface area contributed by atoms with Crippen LogP contribution < -0.4 is 5.32 Å². The number of ether oxygens (including phenoxy) is 1. The van der Waals surface area contributed by atoms with Crippen molar-refractivity contribution in [2.45, 2.75) is 341 Å². The molecular formula is C61H117NO5. The predicted octanol–water partition coefficient (Wildman–Crippen LogP) is 18.6. The summed E-state index contributed by atoms with van der Waals surface area (Å²) in [5, 5.41) is 23.3. The molecule has 0 radical (unpaired) electrons. The molecule has 0 aromatic heterocycles. The lowest BCUT2D eigenvalue weighted by Gasteiger charge is -2.22. The Kier molecular flexibility index (Phi) is 55.5. The van der Waals surface area contributed by atoms with Crippen LogP contribution in [-0.2, 0) is 14.3 Å². The van der Waals surface area contributed by atoms with Crippen molar-refractivity contribution in [1.29, 1.82) is 0 Å². The first-order valence-electron chi connectivity index (χ1n) is 30.1. The zero-order valence-electron chi connectivity index (χ0n) is 45.1. The number of carbonyl (C=O) groups is 2. The summed E-state index contributed by atoms with van der Waals surface area (Å²) in [5.41, 5.74) is 0. The van der Waals surface area contributed by atoms with Gasteiger partial charge in [0.15, 0.2) is 0 Å². The number of unbranched alkanes of at least 4 members (excludes halogenated alkanes) is 41. The van der Waals surface area contributed by atoms with Crippen LogP contribution >= 0.6 is 0 Å². The van der Waals surface area contributed by atoms with E-state index in [1.165, 1.54) is 225 Å². The van der Waals surface area contributed by atoms with Gasteiger partial charge in [-0.15, -0.1) is 0 Å². The standard InChI is InChI=1S/C61H117NO5/c1-3-5-7-9-11-13-15-17-19-20-21-22-23-24-25-27-29-33-37-41-45-49-53-59(64)58(57-63)62-60(65)54-50-46-42-38-34-30-28-32-36-40-44-48-52-56-67-61(66)55-51-47-43-39-35-31-26-18-16-14-12-10-8-6-4-2/h18,26,30,34,58-59,63-64H,3-17,19-25,27-29,31-33,35-57H2,1-2H3,(H,62,65)/b26-18-,34-30-. The van der Waals surface area contributed by atoms with Gasteiger partial charge in [-0.25, -0.2) is 0 Å². The molecule has 0 saturated carbocycles. The average Bonchev–Trinajstić information content (AvgIpc) is 3.33. The van der Waals surface area contributed by atoms with Gasteiger partial charge in [0.1, 0.15) is 0 Å². The Balaban J connectivity index is 3.49.